The molecule has 0 aliphatic heterocycles. The number of aromatic nitrogens is 1. The highest BCUT2D eigenvalue weighted by Crippen LogP contribution is 2.26. The van der Waals surface area contributed by atoms with Gasteiger partial charge in [-0.15, -0.1) is 0 Å². The normalized spacial score (nSPS) is 13.8. The molecule has 0 bridgehead atoms. The van der Waals surface area contributed by atoms with Crippen molar-refractivity contribution in [3.63, 3.8) is 0 Å². The Morgan fingerprint density at radius 1 is 1.20 bits per heavy atom. The van der Waals surface area contributed by atoms with Gasteiger partial charge in [-0.05, 0) is 43.7 Å². The molecule has 0 amide bonds. The van der Waals surface area contributed by atoms with Gasteiger partial charge < -0.3 is 10.6 Å². The number of anilines is 1. The molecule has 3 nitrogen and oxygen atoms in total. The Balaban J connectivity index is 2.20. The summed E-state index contributed by atoms with van der Waals surface area (Å²) in [5, 5.41) is 0.758. The van der Waals surface area contributed by atoms with E-state index in [1.54, 1.807) is 0 Å². The fourth-order valence-electron chi connectivity index (χ4n) is 2.09. The first-order valence-electron chi connectivity index (χ1n) is 6.69. The Hall–Kier alpha value is -1.58. The summed E-state index contributed by atoms with van der Waals surface area (Å²) in [5.74, 6) is 0. The summed E-state index contributed by atoms with van der Waals surface area (Å²) < 4.78 is 0. The third-order valence-corrected chi connectivity index (χ3v) is 3.79. The second kappa shape index (κ2) is 6.25. The Bertz CT molecular complexity index is 566. The molecule has 1 aromatic carbocycles. The summed E-state index contributed by atoms with van der Waals surface area (Å²) in [5.41, 5.74) is 8.95. The molecule has 106 valence electrons. The van der Waals surface area contributed by atoms with Crippen molar-refractivity contribution in [2.45, 2.75) is 25.9 Å². The van der Waals surface area contributed by atoms with Crippen LogP contribution in [0.3, 0.4) is 0 Å². The van der Waals surface area contributed by atoms with Gasteiger partial charge in [0.15, 0.2) is 0 Å². The molecule has 0 aliphatic rings. The van der Waals surface area contributed by atoms with Crippen LogP contribution in [0.15, 0.2) is 42.6 Å². The molecule has 0 radical (unpaired) electrons. The van der Waals surface area contributed by atoms with E-state index in [1.807, 2.05) is 50.5 Å². The van der Waals surface area contributed by atoms with Crippen LogP contribution in [0.2, 0.25) is 5.02 Å². The van der Waals surface area contributed by atoms with Crippen molar-refractivity contribution in [2.24, 2.45) is 5.73 Å². The summed E-state index contributed by atoms with van der Waals surface area (Å²) in [6.07, 6.45) is 1.86. The third kappa shape index (κ3) is 3.30. The van der Waals surface area contributed by atoms with E-state index in [-0.39, 0.29) is 12.1 Å². The summed E-state index contributed by atoms with van der Waals surface area (Å²) in [6.45, 7) is 4.07. The highest BCUT2D eigenvalue weighted by molar-refractivity contribution is 6.30. The minimum Gasteiger partial charge on any atom is -0.367 e. The van der Waals surface area contributed by atoms with Crippen LogP contribution in [0.5, 0.6) is 0 Å². The van der Waals surface area contributed by atoms with Crippen LogP contribution < -0.4 is 10.6 Å². The molecule has 2 aromatic rings. The van der Waals surface area contributed by atoms with Crippen LogP contribution >= 0.6 is 11.6 Å². The number of benzene rings is 1. The van der Waals surface area contributed by atoms with E-state index >= 15 is 0 Å². The van der Waals surface area contributed by atoms with Gasteiger partial charge in [0, 0.05) is 18.1 Å². The maximum absolute atomic E-state index is 6.05. The van der Waals surface area contributed by atoms with Gasteiger partial charge >= 0.3 is 0 Å². The van der Waals surface area contributed by atoms with E-state index in [4.69, 9.17) is 17.3 Å². The van der Waals surface area contributed by atoms with E-state index in [9.17, 15) is 0 Å². The van der Waals surface area contributed by atoms with Crippen LogP contribution in [-0.2, 0) is 0 Å². The average Bonchev–Trinajstić information content (AvgIpc) is 2.46. The van der Waals surface area contributed by atoms with E-state index in [2.05, 4.69) is 22.9 Å². The van der Waals surface area contributed by atoms with Crippen molar-refractivity contribution in [2.75, 3.05) is 11.9 Å². The predicted molar refractivity (Wildman–Crippen MR) is 85.1 cm³/mol. The van der Waals surface area contributed by atoms with Gasteiger partial charge in [0.25, 0.3) is 0 Å². The predicted octanol–water partition coefficient (Wildman–Crippen LogP) is 3.95. The topological polar surface area (TPSA) is 42.1 Å². The van der Waals surface area contributed by atoms with Crippen molar-refractivity contribution in [3.8, 4) is 0 Å². The van der Waals surface area contributed by atoms with E-state index < -0.39 is 0 Å². The van der Waals surface area contributed by atoms with E-state index in [0.29, 0.717) is 0 Å². The second-order valence-electron chi connectivity index (χ2n) is 5.07. The summed E-state index contributed by atoms with van der Waals surface area (Å²) in [7, 11) is 2.05. The molecule has 1 aromatic heterocycles. The lowest BCUT2D eigenvalue weighted by atomic mass is 10.1. The smallest absolute Gasteiger partial charge is 0.0569 e. The first-order valence-corrected chi connectivity index (χ1v) is 7.06. The molecule has 1 heterocycles. The van der Waals surface area contributed by atoms with Crippen LogP contribution in [0.25, 0.3) is 0 Å². The molecule has 4 heteroatoms. The summed E-state index contributed by atoms with van der Waals surface area (Å²) in [4.78, 5) is 6.57. The lowest BCUT2D eigenvalue weighted by Gasteiger charge is -2.27. The van der Waals surface area contributed by atoms with Crippen molar-refractivity contribution in [1.29, 1.82) is 0 Å². The largest absolute Gasteiger partial charge is 0.367 e. The zero-order valence-corrected chi connectivity index (χ0v) is 12.8. The average molecular weight is 290 g/mol. The Morgan fingerprint density at radius 3 is 2.50 bits per heavy atom. The molecular formula is C16H20ClN3. The van der Waals surface area contributed by atoms with Crippen LogP contribution in [0.1, 0.15) is 37.2 Å². The fourth-order valence-corrected chi connectivity index (χ4v) is 2.29. The quantitative estimate of drug-likeness (QED) is 0.926. The van der Waals surface area contributed by atoms with Gasteiger partial charge in [0.05, 0.1) is 23.6 Å². The number of halogens is 1. The Morgan fingerprint density at radius 2 is 1.95 bits per heavy atom. The molecule has 0 fully saturated rings. The molecule has 2 atom stereocenters. The zero-order chi connectivity index (χ0) is 14.7. The number of pyridine rings is 1. The number of nitrogens with zero attached hydrogens (tertiary/aromatic N) is 2. The SMILES string of the molecule is CC(c1cccc(Cl)c1)N(C)c1ccc([C@H](C)N)nc1. The minimum atomic E-state index is -0.0419. The maximum Gasteiger partial charge on any atom is 0.0569 e. The van der Waals surface area contributed by atoms with Gasteiger partial charge in [-0.1, -0.05) is 23.7 Å². The maximum atomic E-state index is 6.05. The molecule has 0 saturated heterocycles. The standard InChI is InChI=1S/C16H20ClN3/c1-11(18)16-8-7-15(10-19-16)20(3)12(2)13-5-4-6-14(17)9-13/h4-12H,18H2,1-3H3/t11-,12?/m0/s1. The summed E-state index contributed by atoms with van der Waals surface area (Å²) in [6, 6.07) is 12.1. The number of rotatable bonds is 4. The molecular weight excluding hydrogens is 270 g/mol. The number of nitrogens with two attached hydrogens (primary N) is 1. The first kappa shape index (κ1) is 14.8. The van der Waals surface area contributed by atoms with E-state index in [0.717, 1.165) is 16.4 Å². The van der Waals surface area contributed by atoms with E-state index in [1.165, 1.54) is 5.56 Å². The van der Waals surface area contributed by atoms with Gasteiger partial charge in [-0.3, -0.25) is 4.98 Å². The molecule has 2 N–H and O–H groups in total. The molecule has 2 rings (SSSR count). The Labute approximate surface area is 125 Å². The highest BCUT2D eigenvalue weighted by Gasteiger charge is 2.13. The molecule has 20 heavy (non-hydrogen) atoms. The number of hydrogen-bond acceptors (Lipinski definition) is 3. The van der Waals surface area contributed by atoms with Crippen LogP contribution in [0, 0.1) is 0 Å². The summed E-state index contributed by atoms with van der Waals surface area (Å²) >= 11 is 6.05. The second-order valence-corrected chi connectivity index (χ2v) is 5.51. The molecule has 1 unspecified atom stereocenters. The van der Waals surface area contributed by atoms with Gasteiger partial charge in [0.2, 0.25) is 0 Å². The lowest BCUT2D eigenvalue weighted by Crippen LogP contribution is -2.22. The van der Waals surface area contributed by atoms with Crippen LogP contribution in [-0.4, -0.2) is 12.0 Å². The van der Waals surface area contributed by atoms with Gasteiger partial charge in [-0.25, -0.2) is 0 Å². The monoisotopic (exact) mass is 289 g/mol. The number of hydrogen-bond donors (Lipinski definition) is 1. The van der Waals surface area contributed by atoms with Crippen molar-refractivity contribution in [3.05, 3.63) is 58.9 Å². The van der Waals surface area contributed by atoms with Gasteiger partial charge in [0.1, 0.15) is 0 Å². The van der Waals surface area contributed by atoms with Crippen molar-refractivity contribution in [1.82, 2.24) is 4.98 Å². The fraction of sp³-hybridized carbons (Fsp3) is 0.312. The first-order chi connectivity index (χ1) is 9.49. The Kier molecular flexibility index (Phi) is 4.63. The van der Waals surface area contributed by atoms with Crippen LogP contribution in [0.4, 0.5) is 5.69 Å². The molecule has 0 saturated carbocycles. The van der Waals surface area contributed by atoms with Crippen molar-refractivity contribution < 1.29 is 0 Å². The van der Waals surface area contributed by atoms with Crippen molar-refractivity contribution >= 4 is 17.3 Å². The minimum absolute atomic E-state index is 0.0419. The lowest BCUT2D eigenvalue weighted by molar-refractivity contribution is 0.733. The molecule has 0 spiro atoms. The third-order valence-electron chi connectivity index (χ3n) is 3.56. The zero-order valence-electron chi connectivity index (χ0n) is 12.0. The highest BCUT2D eigenvalue weighted by atomic mass is 35.5. The van der Waals surface area contributed by atoms with Gasteiger partial charge in [-0.2, -0.15) is 0 Å². The molecule has 0 aliphatic carbocycles.